The summed E-state index contributed by atoms with van der Waals surface area (Å²) in [5, 5.41) is 6.07. The highest BCUT2D eigenvalue weighted by atomic mass is 35.5. The molecule has 1 aliphatic heterocycles. The van der Waals surface area contributed by atoms with Crippen molar-refractivity contribution >= 4 is 24.2 Å². The first-order chi connectivity index (χ1) is 11.6. The second-order valence-electron chi connectivity index (χ2n) is 6.07. The van der Waals surface area contributed by atoms with Crippen molar-refractivity contribution in [1.29, 1.82) is 0 Å². The fourth-order valence-corrected chi connectivity index (χ4v) is 2.91. The average Bonchev–Trinajstić information content (AvgIpc) is 2.60. The number of rotatable bonds is 7. The summed E-state index contributed by atoms with van der Waals surface area (Å²) in [4.78, 5) is 25.9. The molecule has 2 rings (SSSR count). The van der Waals surface area contributed by atoms with Crippen LogP contribution < -0.4 is 10.6 Å². The van der Waals surface area contributed by atoms with Crippen molar-refractivity contribution in [1.82, 2.24) is 15.5 Å². The minimum Gasteiger partial charge on any atom is -0.356 e. The van der Waals surface area contributed by atoms with Gasteiger partial charge in [-0.15, -0.1) is 12.4 Å². The SMILES string of the molecule is CCCNC(=O)CCCC(=O)N1CCNCC1c1cccc(F)c1.Cl. The number of hydrogen-bond acceptors (Lipinski definition) is 3. The van der Waals surface area contributed by atoms with Crippen LogP contribution >= 0.6 is 12.4 Å². The minimum atomic E-state index is -0.293. The zero-order valence-corrected chi connectivity index (χ0v) is 15.4. The third-order valence-electron chi connectivity index (χ3n) is 4.16. The van der Waals surface area contributed by atoms with Crippen molar-refractivity contribution in [3.05, 3.63) is 35.6 Å². The number of carbonyl (C=O) groups is 2. The molecule has 25 heavy (non-hydrogen) atoms. The van der Waals surface area contributed by atoms with Crippen LogP contribution in [0.25, 0.3) is 0 Å². The van der Waals surface area contributed by atoms with E-state index in [0.717, 1.165) is 18.5 Å². The number of hydrogen-bond donors (Lipinski definition) is 2. The van der Waals surface area contributed by atoms with Gasteiger partial charge in [-0.2, -0.15) is 0 Å². The van der Waals surface area contributed by atoms with Gasteiger partial charge in [-0.05, 0) is 30.5 Å². The van der Waals surface area contributed by atoms with E-state index in [1.54, 1.807) is 11.0 Å². The van der Waals surface area contributed by atoms with Gasteiger partial charge in [0.2, 0.25) is 11.8 Å². The molecule has 0 aliphatic carbocycles. The van der Waals surface area contributed by atoms with E-state index in [2.05, 4.69) is 10.6 Å². The molecule has 1 atom stereocenters. The van der Waals surface area contributed by atoms with Crippen LogP contribution in [0, 0.1) is 5.82 Å². The maximum Gasteiger partial charge on any atom is 0.223 e. The van der Waals surface area contributed by atoms with E-state index in [1.165, 1.54) is 12.1 Å². The number of nitrogens with zero attached hydrogens (tertiary/aromatic N) is 1. The molecule has 0 radical (unpaired) electrons. The minimum absolute atomic E-state index is 0. The molecular formula is C18H27ClFN3O2. The summed E-state index contributed by atoms with van der Waals surface area (Å²) in [6.45, 7) is 4.62. The van der Waals surface area contributed by atoms with Crippen LogP contribution in [0.15, 0.2) is 24.3 Å². The molecule has 0 aromatic heterocycles. The maximum atomic E-state index is 13.5. The summed E-state index contributed by atoms with van der Waals surface area (Å²) in [6, 6.07) is 6.24. The van der Waals surface area contributed by atoms with Crippen LogP contribution in [0.3, 0.4) is 0 Å². The Morgan fingerprint density at radius 2 is 2.16 bits per heavy atom. The molecule has 1 aromatic carbocycles. The van der Waals surface area contributed by atoms with E-state index in [-0.39, 0.29) is 36.1 Å². The Kier molecular flexibility index (Phi) is 9.45. The van der Waals surface area contributed by atoms with Gasteiger partial charge in [0.25, 0.3) is 0 Å². The summed E-state index contributed by atoms with van der Waals surface area (Å²) >= 11 is 0. The van der Waals surface area contributed by atoms with Crippen LogP contribution in [0.1, 0.15) is 44.2 Å². The molecule has 140 valence electrons. The van der Waals surface area contributed by atoms with Crippen molar-refractivity contribution < 1.29 is 14.0 Å². The molecule has 1 heterocycles. The first-order valence-electron chi connectivity index (χ1n) is 8.64. The van der Waals surface area contributed by atoms with E-state index >= 15 is 0 Å². The van der Waals surface area contributed by atoms with E-state index < -0.39 is 0 Å². The second kappa shape index (κ2) is 11.1. The van der Waals surface area contributed by atoms with E-state index in [4.69, 9.17) is 0 Å². The third-order valence-corrected chi connectivity index (χ3v) is 4.16. The maximum absolute atomic E-state index is 13.5. The smallest absolute Gasteiger partial charge is 0.223 e. The Balaban J connectivity index is 0.00000312. The van der Waals surface area contributed by atoms with Crippen molar-refractivity contribution in [3.8, 4) is 0 Å². The van der Waals surface area contributed by atoms with E-state index in [1.807, 2.05) is 13.0 Å². The highest BCUT2D eigenvalue weighted by Gasteiger charge is 2.27. The van der Waals surface area contributed by atoms with Gasteiger partial charge in [0.05, 0.1) is 6.04 Å². The Morgan fingerprint density at radius 3 is 2.88 bits per heavy atom. The zero-order chi connectivity index (χ0) is 17.4. The Bertz CT molecular complexity index is 571. The molecule has 5 nitrogen and oxygen atoms in total. The Morgan fingerprint density at radius 1 is 1.36 bits per heavy atom. The summed E-state index contributed by atoms with van der Waals surface area (Å²) in [7, 11) is 0. The van der Waals surface area contributed by atoms with Gasteiger partial charge in [-0.1, -0.05) is 19.1 Å². The van der Waals surface area contributed by atoms with Crippen LogP contribution in [-0.2, 0) is 9.59 Å². The molecule has 1 saturated heterocycles. The Labute approximate surface area is 154 Å². The van der Waals surface area contributed by atoms with Crippen molar-refractivity contribution in [3.63, 3.8) is 0 Å². The highest BCUT2D eigenvalue weighted by molar-refractivity contribution is 5.85. The van der Waals surface area contributed by atoms with Crippen LogP contribution in [0.4, 0.5) is 4.39 Å². The summed E-state index contributed by atoms with van der Waals surface area (Å²) in [5.41, 5.74) is 0.802. The number of benzene rings is 1. The van der Waals surface area contributed by atoms with Crippen LogP contribution in [0.5, 0.6) is 0 Å². The van der Waals surface area contributed by atoms with Gasteiger partial charge in [0.15, 0.2) is 0 Å². The summed E-state index contributed by atoms with van der Waals surface area (Å²) in [5.74, 6) is -0.279. The average molecular weight is 372 g/mol. The lowest BCUT2D eigenvalue weighted by molar-refractivity contribution is -0.134. The number of nitrogens with one attached hydrogen (secondary N) is 2. The van der Waals surface area contributed by atoms with E-state index in [9.17, 15) is 14.0 Å². The molecule has 1 aliphatic rings. The Hall–Kier alpha value is -1.66. The molecule has 0 spiro atoms. The van der Waals surface area contributed by atoms with Gasteiger partial charge in [0.1, 0.15) is 5.82 Å². The zero-order valence-electron chi connectivity index (χ0n) is 14.6. The van der Waals surface area contributed by atoms with E-state index in [0.29, 0.717) is 38.9 Å². The van der Waals surface area contributed by atoms with Crippen LogP contribution in [0.2, 0.25) is 0 Å². The number of piperazine rings is 1. The predicted octanol–water partition coefficient (Wildman–Crippen LogP) is 2.42. The van der Waals surface area contributed by atoms with Gasteiger partial charge in [-0.3, -0.25) is 9.59 Å². The predicted molar refractivity (Wildman–Crippen MR) is 98.1 cm³/mol. The quantitative estimate of drug-likeness (QED) is 0.773. The number of halogens is 2. The molecule has 2 amide bonds. The summed E-state index contributed by atoms with van der Waals surface area (Å²) in [6.07, 6.45) is 2.14. The number of carbonyl (C=O) groups excluding carboxylic acids is 2. The molecule has 1 aromatic rings. The molecule has 1 unspecified atom stereocenters. The van der Waals surface area contributed by atoms with Crippen molar-refractivity contribution in [2.75, 3.05) is 26.2 Å². The molecule has 0 saturated carbocycles. The standard InChI is InChI=1S/C18H26FN3O2.ClH/c1-2-9-21-17(23)7-4-8-18(24)22-11-10-20-13-16(22)14-5-3-6-15(19)12-14;/h3,5-6,12,16,20H,2,4,7-11,13H2,1H3,(H,21,23);1H. The fraction of sp³-hybridized carbons (Fsp3) is 0.556. The molecule has 0 bridgehead atoms. The lowest BCUT2D eigenvalue weighted by atomic mass is 10.0. The molecule has 7 heteroatoms. The van der Waals surface area contributed by atoms with Crippen LogP contribution in [-0.4, -0.2) is 42.9 Å². The second-order valence-corrected chi connectivity index (χ2v) is 6.07. The fourth-order valence-electron chi connectivity index (χ4n) is 2.91. The topological polar surface area (TPSA) is 61.4 Å². The largest absolute Gasteiger partial charge is 0.356 e. The first kappa shape index (κ1) is 21.4. The summed E-state index contributed by atoms with van der Waals surface area (Å²) < 4.78 is 13.5. The molecule has 2 N–H and O–H groups in total. The first-order valence-corrected chi connectivity index (χ1v) is 8.64. The van der Waals surface area contributed by atoms with Crippen molar-refractivity contribution in [2.24, 2.45) is 0 Å². The number of amides is 2. The monoisotopic (exact) mass is 371 g/mol. The lowest BCUT2D eigenvalue weighted by Gasteiger charge is -2.36. The van der Waals surface area contributed by atoms with Gasteiger partial charge in [-0.25, -0.2) is 4.39 Å². The van der Waals surface area contributed by atoms with Gasteiger partial charge < -0.3 is 15.5 Å². The lowest BCUT2D eigenvalue weighted by Crippen LogP contribution is -2.48. The normalized spacial score (nSPS) is 16.9. The van der Waals surface area contributed by atoms with Gasteiger partial charge >= 0.3 is 0 Å². The highest BCUT2D eigenvalue weighted by Crippen LogP contribution is 2.24. The van der Waals surface area contributed by atoms with Crippen molar-refractivity contribution in [2.45, 2.75) is 38.6 Å². The third kappa shape index (κ3) is 6.63. The molecular weight excluding hydrogens is 345 g/mol. The van der Waals surface area contributed by atoms with Gasteiger partial charge in [0, 0.05) is 39.0 Å². The molecule has 1 fully saturated rings.